The van der Waals surface area contributed by atoms with Crippen LogP contribution in [0.5, 0.6) is 0 Å². The van der Waals surface area contributed by atoms with Crippen molar-refractivity contribution in [1.29, 1.82) is 0 Å². The molecule has 0 aromatic heterocycles. The summed E-state index contributed by atoms with van der Waals surface area (Å²) in [6.45, 7) is 10.6. The summed E-state index contributed by atoms with van der Waals surface area (Å²) in [6, 6.07) is 0.309. The molecule has 3 fully saturated rings. The second-order valence-corrected chi connectivity index (χ2v) is 8.02. The Hall–Kier alpha value is -1.52. The molecule has 3 N–H and O–H groups in total. The normalized spacial score (nSPS) is 37.2. The zero-order chi connectivity index (χ0) is 16.8. The van der Waals surface area contributed by atoms with Gasteiger partial charge in [-0.1, -0.05) is 26.8 Å². The highest BCUT2D eigenvalue weighted by atomic mass is 19.1. The van der Waals surface area contributed by atoms with E-state index in [1.807, 2.05) is 6.08 Å². The Kier molecular flexibility index (Phi) is 4.15. The number of hydrogen-bond acceptors (Lipinski definition) is 3. The smallest absolute Gasteiger partial charge is 0.267 e. The van der Waals surface area contributed by atoms with Gasteiger partial charge in [0, 0.05) is 18.6 Å². The summed E-state index contributed by atoms with van der Waals surface area (Å²) in [5, 5.41) is 8.95. The van der Waals surface area contributed by atoms with Crippen LogP contribution in [0.1, 0.15) is 40.0 Å². The van der Waals surface area contributed by atoms with Crippen LogP contribution >= 0.6 is 0 Å². The van der Waals surface area contributed by atoms with Crippen LogP contribution in [0.15, 0.2) is 24.3 Å². The van der Waals surface area contributed by atoms with Crippen LogP contribution in [0.4, 0.5) is 4.39 Å². The van der Waals surface area contributed by atoms with Crippen LogP contribution < -0.4 is 16.0 Å². The fraction of sp³-hybridized carbons (Fsp3) is 0.722. The van der Waals surface area contributed by atoms with Crippen LogP contribution in [0.2, 0.25) is 0 Å². The highest BCUT2D eigenvalue weighted by Gasteiger charge is 2.56. The van der Waals surface area contributed by atoms with Crippen LogP contribution in [-0.4, -0.2) is 24.5 Å². The molecule has 0 aromatic rings. The summed E-state index contributed by atoms with van der Waals surface area (Å²) in [7, 11) is 0. The lowest BCUT2D eigenvalue weighted by Crippen LogP contribution is -2.61. The summed E-state index contributed by atoms with van der Waals surface area (Å²) in [5.74, 6) is 1.40. The van der Waals surface area contributed by atoms with Crippen molar-refractivity contribution < 1.29 is 9.18 Å². The molecule has 1 amide bonds. The Morgan fingerprint density at radius 3 is 2.83 bits per heavy atom. The van der Waals surface area contributed by atoms with E-state index in [0.29, 0.717) is 29.5 Å². The van der Waals surface area contributed by atoms with Crippen molar-refractivity contribution in [1.82, 2.24) is 16.0 Å². The Balaban J connectivity index is 1.50. The van der Waals surface area contributed by atoms with E-state index in [0.717, 1.165) is 18.8 Å². The van der Waals surface area contributed by atoms with E-state index >= 15 is 0 Å². The first kappa shape index (κ1) is 16.3. The summed E-state index contributed by atoms with van der Waals surface area (Å²) < 4.78 is 12.6. The zero-order valence-corrected chi connectivity index (χ0v) is 14.3. The molecule has 0 saturated heterocycles. The maximum Gasteiger partial charge on any atom is 0.267 e. The number of rotatable bonds is 5. The van der Waals surface area contributed by atoms with Gasteiger partial charge in [-0.15, -0.1) is 0 Å². The molecule has 23 heavy (non-hydrogen) atoms. The third kappa shape index (κ3) is 2.98. The molecular formula is C18H28FN3O. The van der Waals surface area contributed by atoms with Crippen molar-refractivity contribution in [2.45, 2.75) is 52.1 Å². The van der Waals surface area contributed by atoms with Crippen molar-refractivity contribution in [3.05, 3.63) is 24.3 Å². The quantitative estimate of drug-likeness (QED) is 0.682. The van der Waals surface area contributed by atoms with Gasteiger partial charge in [0.2, 0.25) is 0 Å². The topological polar surface area (TPSA) is 53.2 Å². The van der Waals surface area contributed by atoms with Gasteiger partial charge in [0.25, 0.3) is 5.91 Å². The fourth-order valence-electron chi connectivity index (χ4n) is 4.71. The monoisotopic (exact) mass is 321 g/mol. The maximum absolute atomic E-state index is 12.6. The van der Waals surface area contributed by atoms with Crippen molar-refractivity contribution in [2.75, 3.05) is 6.54 Å². The molecule has 0 spiro atoms. The molecule has 1 aliphatic heterocycles. The molecule has 1 heterocycles. The van der Waals surface area contributed by atoms with Gasteiger partial charge in [0.15, 0.2) is 5.95 Å². The van der Waals surface area contributed by atoms with Crippen molar-refractivity contribution in [2.24, 2.45) is 23.2 Å². The molecular weight excluding hydrogens is 293 g/mol. The SMILES string of the molecule is C=C(F)NCC1CC=C(C(=O)N[C@H]2C[C@H]3C[C@@H]([C@@H]2C)C3(C)C)N1. The molecule has 3 saturated carbocycles. The number of amides is 1. The molecule has 0 aromatic carbocycles. The first-order valence-electron chi connectivity index (χ1n) is 8.65. The number of fused-ring (bicyclic) bond motifs is 2. The van der Waals surface area contributed by atoms with E-state index in [2.05, 4.69) is 43.3 Å². The van der Waals surface area contributed by atoms with Crippen molar-refractivity contribution >= 4 is 5.91 Å². The fourth-order valence-corrected chi connectivity index (χ4v) is 4.71. The Morgan fingerprint density at radius 1 is 1.48 bits per heavy atom. The lowest BCUT2D eigenvalue weighted by Gasteiger charge is -2.62. The molecule has 128 valence electrons. The number of carbonyl (C=O) groups excluding carboxylic acids is 1. The second kappa shape index (κ2) is 5.84. The largest absolute Gasteiger partial charge is 0.376 e. The summed E-state index contributed by atoms with van der Waals surface area (Å²) in [6.07, 6.45) is 5.01. The first-order valence-corrected chi connectivity index (χ1v) is 8.65. The van der Waals surface area contributed by atoms with E-state index in [4.69, 9.17) is 0 Å². The van der Waals surface area contributed by atoms with Crippen LogP contribution in [0, 0.1) is 23.2 Å². The van der Waals surface area contributed by atoms with Gasteiger partial charge >= 0.3 is 0 Å². The number of hydrogen-bond donors (Lipinski definition) is 3. The summed E-state index contributed by atoms with van der Waals surface area (Å²) in [4.78, 5) is 12.5. The lowest BCUT2D eigenvalue weighted by molar-refractivity contribution is -0.131. The first-order chi connectivity index (χ1) is 10.8. The standard InChI is InChI=1S/C18H28FN3O/c1-10-14-7-12(18(14,3)4)8-16(10)22-17(23)15-6-5-13(21-15)9-20-11(2)19/h6,10,12-14,16,20-21H,2,5,7-9H2,1,3-4H3,(H,22,23)/t10-,12+,13?,14-,16-/m0/s1. The van der Waals surface area contributed by atoms with E-state index < -0.39 is 5.95 Å². The Labute approximate surface area is 138 Å². The van der Waals surface area contributed by atoms with Crippen molar-refractivity contribution in [3.63, 3.8) is 0 Å². The molecule has 0 radical (unpaired) electrons. The van der Waals surface area contributed by atoms with Gasteiger partial charge in [-0.05, 0) is 49.0 Å². The number of carbonyl (C=O) groups is 1. The molecule has 5 heteroatoms. The van der Waals surface area contributed by atoms with Crippen LogP contribution in [0.3, 0.4) is 0 Å². The Bertz CT molecular complexity index is 542. The second-order valence-electron chi connectivity index (χ2n) is 8.02. The molecule has 1 unspecified atom stereocenters. The third-order valence-corrected chi connectivity index (χ3v) is 6.42. The van der Waals surface area contributed by atoms with E-state index in [1.165, 1.54) is 6.42 Å². The minimum absolute atomic E-state index is 0.0254. The van der Waals surface area contributed by atoms with Gasteiger partial charge in [-0.3, -0.25) is 4.79 Å². The summed E-state index contributed by atoms with van der Waals surface area (Å²) >= 11 is 0. The predicted molar refractivity (Wildman–Crippen MR) is 89.0 cm³/mol. The minimum atomic E-state index is -0.539. The van der Waals surface area contributed by atoms with Gasteiger partial charge in [-0.2, -0.15) is 4.39 Å². The van der Waals surface area contributed by atoms with Crippen LogP contribution in [-0.2, 0) is 4.79 Å². The Morgan fingerprint density at radius 2 is 2.22 bits per heavy atom. The number of halogens is 1. The zero-order valence-electron chi connectivity index (χ0n) is 14.3. The highest BCUT2D eigenvalue weighted by molar-refractivity contribution is 5.93. The minimum Gasteiger partial charge on any atom is -0.376 e. The van der Waals surface area contributed by atoms with Gasteiger partial charge in [0.05, 0.1) is 5.70 Å². The van der Waals surface area contributed by atoms with Gasteiger partial charge < -0.3 is 16.0 Å². The van der Waals surface area contributed by atoms with Crippen LogP contribution in [0.25, 0.3) is 0 Å². The lowest BCUT2D eigenvalue weighted by atomic mass is 9.45. The van der Waals surface area contributed by atoms with Crippen molar-refractivity contribution in [3.8, 4) is 0 Å². The average molecular weight is 321 g/mol. The molecule has 4 aliphatic rings. The third-order valence-electron chi connectivity index (χ3n) is 6.42. The predicted octanol–water partition coefficient (Wildman–Crippen LogP) is 2.45. The van der Waals surface area contributed by atoms with E-state index in [1.54, 1.807) is 0 Å². The molecule has 3 aliphatic carbocycles. The molecule has 4 rings (SSSR count). The van der Waals surface area contributed by atoms with E-state index in [-0.39, 0.29) is 18.0 Å². The number of nitrogens with one attached hydrogen (secondary N) is 3. The molecule has 2 bridgehead atoms. The summed E-state index contributed by atoms with van der Waals surface area (Å²) in [5.41, 5.74) is 1.05. The van der Waals surface area contributed by atoms with Gasteiger partial charge in [-0.25, -0.2) is 0 Å². The molecule has 4 nitrogen and oxygen atoms in total. The average Bonchev–Trinajstić information content (AvgIpc) is 2.95. The molecule has 5 atom stereocenters. The maximum atomic E-state index is 12.6. The van der Waals surface area contributed by atoms with Gasteiger partial charge in [0.1, 0.15) is 0 Å². The van der Waals surface area contributed by atoms with E-state index in [9.17, 15) is 9.18 Å². The highest BCUT2D eigenvalue weighted by Crippen LogP contribution is 2.61.